The number of ether oxygens (including phenoxy) is 1. The third-order valence-corrected chi connectivity index (χ3v) is 15.2. The molecule has 0 unspecified atom stereocenters. The first-order chi connectivity index (χ1) is 36.4. The highest BCUT2D eigenvalue weighted by Gasteiger charge is 2.26. The average Bonchev–Trinajstić information content (AvgIpc) is 4.24. The van der Waals surface area contributed by atoms with Gasteiger partial charge in [0.15, 0.2) is 0 Å². The number of rotatable bonds is 11. The fraction of sp³-hybridized carbons (Fsp3) is 0.349. The predicted molar refractivity (Wildman–Crippen MR) is 308 cm³/mol. The highest BCUT2D eigenvalue weighted by Crippen LogP contribution is 2.38. The quantitative estimate of drug-likeness (QED) is 0.132. The minimum Gasteiger partial charge on any atom is -0.444 e. The fourth-order valence-corrected chi connectivity index (χ4v) is 11.0. The van der Waals surface area contributed by atoms with Crippen molar-refractivity contribution in [1.82, 2.24) is 15.1 Å². The number of benzene rings is 6. The molecule has 0 spiro atoms. The number of aryl methyl sites for hydroxylation is 2. The topological polar surface area (TPSA) is 127 Å². The van der Waals surface area contributed by atoms with Gasteiger partial charge in [0.1, 0.15) is 5.60 Å². The minimum atomic E-state index is -0.473. The lowest BCUT2D eigenvalue weighted by Crippen LogP contribution is -2.48. The Hall–Kier alpha value is -7.25. The Morgan fingerprint density at radius 3 is 1.25 bits per heavy atom. The Morgan fingerprint density at radius 1 is 0.493 bits per heavy atom. The van der Waals surface area contributed by atoms with Crippen molar-refractivity contribution in [3.8, 4) is 0 Å². The molecule has 0 aliphatic carbocycles. The molecule has 6 heterocycles. The largest absolute Gasteiger partial charge is 0.444 e. The van der Waals surface area contributed by atoms with Gasteiger partial charge in [-0.25, -0.2) is 4.79 Å². The highest BCUT2D eigenvalue weighted by atomic mass is 16.6. The molecule has 12 heteroatoms. The van der Waals surface area contributed by atoms with Crippen molar-refractivity contribution in [1.29, 1.82) is 0 Å². The monoisotopic (exact) mass is 999 g/mol. The van der Waals surface area contributed by atoms with Gasteiger partial charge in [0.25, 0.3) is 0 Å². The Bertz CT molecular complexity index is 3220. The molecule has 3 N–H and O–H groups in total. The Kier molecular flexibility index (Phi) is 14.3. The van der Waals surface area contributed by atoms with E-state index in [1.165, 1.54) is 67.0 Å². The van der Waals surface area contributed by atoms with Crippen LogP contribution in [0.3, 0.4) is 0 Å². The van der Waals surface area contributed by atoms with Gasteiger partial charge in [-0.15, -0.1) is 0 Å². The maximum absolute atomic E-state index is 11.9. The zero-order valence-corrected chi connectivity index (χ0v) is 44.3. The molecule has 12 nitrogen and oxygen atoms in total. The van der Waals surface area contributed by atoms with Crippen molar-refractivity contribution in [2.45, 2.75) is 65.9 Å². The molecule has 2 fully saturated rings. The van der Waals surface area contributed by atoms with E-state index >= 15 is 0 Å². The summed E-state index contributed by atoms with van der Waals surface area (Å²) in [6.07, 6.45) is 3.13. The normalized spacial score (nSPS) is 17.0. The summed E-state index contributed by atoms with van der Waals surface area (Å²) >= 11 is 0. The Balaban J connectivity index is 0.000000163. The number of hydrogen-bond acceptors (Lipinski definition) is 11. The molecule has 0 saturated carbocycles. The van der Waals surface area contributed by atoms with Crippen LogP contribution in [-0.4, -0.2) is 123 Å². The number of carbonyl (C=O) groups is 1. The van der Waals surface area contributed by atoms with E-state index in [-0.39, 0.29) is 6.09 Å². The van der Waals surface area contributed by atoms with Crippen molar-refractivity contribution in [3.05, 3.63) is 177 Å². The van der Waals surface area contributed by atoms with Gasteiger partial charge in [-0.2, -0.15) is 0 Å². The summed E-state index contributed by atoms with van der Waals surface area (Å²) in [4.78, 5) is 41.5. The van der Waals surface area contributed by atoms with Gasteiger partial charge in [0.2, 0.25) is 0 Å². The molecule has 0 bridgehead atoms. The molecule has 0 atom stereocenters. The van der Waals surface area contributed by atoms with Gasteiger partial charge in [-0.1, -0.05) is 71.8 Å². The molecule has 0 radical (unpaired) electrons. The number of nitrogens with one attached hydrogen (secondary N) is 1. The van der Waals surface area contributed by atoms with Gasteiger partial charge in [-0.3, -0.25) is 29.8 Å². The Morgan fingerprint density at radius 2 is 0.853 bits per heavy atom. The molecule has 1 amide bonds. The number of aliphatic imine (C=N–C) groups is 4. The van der Waals surface area contributed by atoms with Crippen LogP contribution in [0.5, 0.6) is 0 Å². The van der Waals surface area contributed by atoms with E-state index < -0.39 is 5.60 Å². The highest BCUT2D eigenvalue weighted by molar-refractivity contribution is 6.11. The molecule has 6 aromatic carbocycles. The zero-order valence-electron chi connectivity index (χ0n) is 44.3. The van der Waals surface area contributed by atoms with Gasteiger partial charge in [0, 0.05) is 116 Å². The number of piperazine rings is 2. The van der Waals surface area contributed by atoms with E-state index in [9.17, 15) is 4.79 Å². The van der Waals surface area contributed by atoms with Crippen molar-refractivity contribution >= 4 is 63.1 Å². The summed E-state index contributed by atoms with van der Waals surface area (Å²) in [5.74, 6) is 0. The smallest absolute Gasteiger partial charge is 0.407 e. The number of fused-ring (bicyclic) bond motifs is 4. The first-order valence-corrected chi connectivity index (χ1v) is 26.9. The molecule has 6 aliphatic heterocycles. The van der Waals surface area contributed by atoms with E-state index in [4.69, 9.17) is 30.4 Å². The van der Waals surface area contributed by atoms with Crippen LogP contribution in [0.4, 0.5) is 38.9 Å². The molecule has 12 rings (SSSR count). The minimum absolute atomic E-state index is 0.351. The lowest BCUT2D eigenvalue weighted by molar-refractivity contribution is 0.0521. The van der Waals surface area contributed by atoms with E-state index in [0.717, 1.165) is 143 Å². The third-order valence-electron chi connectivity index (χ3n) is 15.2. The lowest BCUT2D eigenvalue weighted by Gasteiger charge is -2.36. The Labute approximate surface area is 442 Å². The van der Waals surface area contributed by atoms with Crippen molar-refractivity contribution in [2.24, 2.45) is 25.7 Å². The fourth-order valence-electron chi connectivity index (χ4n) is 11.0. The van der Waals surface area contributed by atoms with Crippen LogP contribution in [0.1, 0.15) is 76.4 Å². The summed E-state index contributed by atoms with van der Waals surface area (Å²) in [5.41, 5.74) is 29.3. The molecule has 75 heavy (non-hydrogen) atoms. The summed E-state index contributed by atoms with van der Waals surface area (Å²) in [5, 5.41) is 2.86. The molecule has 384 valence electrons. The zero-order chi connectivity index (χ0) is 51.6. The number of alkyl carbamates (subject to hydrolysis) is 1. The van der Waals surface area contributed by atoms with E-state index in [0.29, 0.717) is 6.54 Å². The molecule has 0 aromatic heterocycles. The van der Waals surface area contributed by atoms with Crippen LogP contribution in [0.2, 0.25) is 0 Å². The maximum Gasteiger partial charge on any atom is 0.407 e. The lowest BCUT2D eigenvalue weighted by atomic mass is 9.98. The molecule has 2 saturated heterocycles. The van der Waals surface area contributed by atoms with Crippen molar-refractivity contribution in [3.63, 3.8) is 0 Å². The molecular formula is C63H70N10O2. The van der Waals surface area contributed by atoms with Crippen LogP contribution in [0, 0.1) is 13.8 Å². The second kappa shape index (κ2) is 21.5. The van der Waals surface area contributed by atoms with Crippen LogP contribution in [0.25, 0.3) is 0 Å². The molecular weight excluding hydrogens is 929 g/mol. The van der Waals surface area contributed by atoms with E-state index in [2.05, 4.69) is 160 Å². The van der Waals surface area contributed by atoms with Gasteiger partial charge in [0.05, 0.1) is 45.6 Å². The van der Waals surface area contributed by atoms with Crippen LogP contribution in [0.15, 0.2) is 141 Å². The maximum atomic E-state index is 11.9. The van der Waals surface area contributed by atoms with Gasteiger partial charge < -0.3 is 25.6 Å². The van der Waals surface area contributed by atoms with E-state index in [1.54, 1.807) is 0 Å². The number of hydrogen-bond donors (Lipinski definition) is 2. The number of anilines is 2. The second-order valence-corrected chi connectivity index (χ2v) is 21.9. The third kappa shape index (κ3) is 11.7. The number of nitrogens with zero attached hydrogens (tertiary/aromatic N) is 8. The van der Waals surface area contributed by atoms with Crippen LogP contribution in [-0.2, 0) is 30.4 Å². The van der Waals surface area contributed by atoms with E-state index in [1.807, 2.05) is 20.8 Å². The summed E-state index contributed by atoms with van der Waals surface area (Å²) in [6, 6.07) is 44.0. The number of amides is 1. The number of carbonyl (C=O) groups excluding carboxylic acids is 1. The van der Waals surface area contributed by atoms with Crippen LogP contribution >= 0.6 is 0 Å². The first-order valence-electron chi connectivity index (χ1n) is 26.9. The predicted octanol–water partition coefficient (Wildman–Crippen LogP) is 10.4. The van der Waals surface area contributed by atoms with Crippen LogP contribution < -0.4 is 20.9 Å². The van der Waals surface area contributed by atoms with Crippen molar-refractivity contribution < 1.29 is 9.53 Å². The van der Waals surface area contributed by atoms with Crippen molar-refractivity contribution in [2.75, 3.05) is 88.3 Å². The van der Waals surface area contributed by atoms with Gasteiger partial charge >= 0.3 is 6.09 Å². The first kappa shape index (κ1) is 49.9. The molecule has 6 aliphatic rings. The second-order valence-electron chi connectivity index (χ2n) is 21.9. The average molecular weight is 999 g/mol. The summed E-state index contributed by atoms with van der Waals surface area (Å²) in [7, 11) is 0. The summed E-state index contributed by atoms with van der Waals surface area (Å²) in [6.45, 7) is 21.2. The SMILES string of the molecule is Cc1ccc(C2=Nc3ccc(C4=Nc5ccc(N6CCN(CCN)CC6)cc5C4)cc3C2)cc1.Cc1ccc(C2=Nc3ccc(C4=Nc5ccc(N6CCN(CCNC(=O)OC(C)(C)C)CC6)cc5C4)cc3C2)cc1. The van der Waals surface area contributed by atoms with Gasteiger partial charge in [-0.05, 0) is 140 Å². The summed E-state index contributed by atoms with van der Waals surface area (Å²) < 4.78 is 5.33. The standard InChI is InChI=1S/C34H39N5O2.C29H31N5/c1-23-5-7-24(8-6-23)31-21-26-19-25(9-11-29(26)36-31)32-22-27-20-28(10-12-30(27)37-32)39-17-15-38(16-18-39)14-13-35-33(40)41-34(2,3)4;1-20-2-4-21(5-3-20)28-18-23-16-22(6-8-26(23)31-28)29-19-24-17-25(7-9-27(24)32-29)34-14-12-33(11-10-30)13-15-34/h5-12,19-20H,13-18,21-22H2,1-4H3,(H,35,40);2-9,16-17H,10-15,18-19,30H2,1H3. The number of nitrogens with two attached hydrogens (primary N) is 1. The molecule has 6 aromatic rings.